The smallest absolute Gasteiger partial charge is 0.257 e. The van der Waals surface area contributed by atoms with E-state index in [-0.39, 0.29) is 12.0 Å². The van der Waals surface area contributed by atoms with E-state index in [9.17, 15) is 4.79 Å². The second-order valence-electron chi connectivity index (χ2n) is 6.42. The van der Waals surface area contributed by atoms with Crippen molar-refractivity contribution in [3.8, 4) is 0 Å². The Balaban J connectivity index is 1.52. The third-order valence-electron chi connectivity index (χ3n) is 4.50. The quantitative estimate of drug-likeness (QED) is 0.733. The molecule has 0 radical (unpaired) electrons. The molecule has 1 fully saturated rings. The minimum absolute atomic E-state index is 0.207. The van der Waals surface area contributed by atoms with E-state index in [0.29, 0.717) is 29.5 Å². The molecule has 0 atom stereocenters. The number of nitrogens with one attached hydrogen (secondary N) is 1. The Bertz CT molecular complexity index is 746. The van der Waals surface area contributed by atoms with Crippen LogP contribution in [0.4, 0.5) is 11.5 Å². The molecule has 0 saturated carbocycles. The van der Waals surface area contributed by atoms with E-state index in [1.54, 1.807) is 43.6 Å². The van der Waals surface area contributed by atoms with E-state index in [2.05, 4.69) is 15.2 Å². The number of hydrogen-bond acceptors (Lipinski definition) is 5. The predicted octanol–water partition coefficient (Wildman–Crippen LogP) is 3.62. The van der Waals surface area contributed by atoms with Crippen molar-refractivity contribution < 1.29 is 14.3 Å². The third-order valence-corrected chi connectivity index (χ3v) is 4.73. The van der Waals surface area contributed by atoms with Crippen molar-refractivity contribution >= 4 is 29.0 Å². The third kappa shape index (κ3) is 5.66. The maximum Gasteiger partial charge on any atom is 0.257 e. The van der Waals surface area contributed by atoms with Crippen LogP contribution >= 0.6 is 11.6 Å². The highest BCUT2D eigenvalue weighted by Crippen LogP contribution is 2.20. The van der Waals surface area contributed by atoms with E-state index in [1.807, 2.05) is 6.07 Å². The lowest BCUT2D eigenvalue weighted by atomic mass is 10.1. The van der Waals surface area contributed by atoms with Crippen LogP contribution < -0.4 is 10.2 Å². The molecule has 1 N–H and O–H groups in total. The molecule has 2 heterocycles. The lowest BCUT2D eigenvalue weighted by Gasteiger charge is -2.32. The fraction of sp³-hybridized carbons (Fsp3) is 0.400. The van der Waals surface area contributed by atoms with Gasteiger partial charge >= 0.3 is 0 Å². The molecule has 7 heteroatoms. The summed E-state index contributed by atoms with van der Waals surface area (Å²) in [4.78, 5) is 19.0. The largest absolute Gasteiger partial charge is 0.382 e. The van der Waals surface area contributed by atoms with Crippen LogP contribution in [0, 0.1) is 0 Å². The number of hydrogen-bond donors (Lipinski definition) is 1. The number of aromatic nitrogens is 1. The normalized spacial score (nSPS) is 15.0. The molecule has 1 aromatic carbocycles. The van der Waals surface area contributed by atoms with Gasteiger partial charge in [0.1, 0.15) is 5.82 Å². The van der Waals surface area contributed by atoms with Crippen LogP contribution in [0.1, 0.15) is 23.2 Å². The summed E-state index contributed by atoms with van der Waals surface area (Å²) >= 11 is 5.94. The Labute approximate surface area is 164 Å². The second kappa shape index (κ2) is 9.69. The van der Waals surface area contributed by atoms with Gasteiger partial charge < -0.3 is 19.7 Å². The first-order valence-corrected chi connectivity index (χ1v) is 9.42. The lowest BCUT2D eigenvalue weighted by Crippen LogP contribution is -2.37. The molecule has 0 aliphatic carbocycles. The highest BCUT2D eigenvalue weighted by Gasteiger charge is 2.20. The van der Waals surface area contributed by atoms with Crippen molar-refractivity contribution in [1.82, 2.24) is 4.98 Å². The van der Waals surface area contributed by atoms with Crippen LogP contribution in [-0.4, -0.2) is 50.4 Å². The van der Waals surface area contributed by atoms with Gasteiger partial charge in [0.2, 0.25) is 0 Å². The van der Waals surface area contributed by atoms with Gasteiger partial charge in [-0.05, 0) is 43.2 Å². The molecule has 0 spiro atoms. The van der Waals surface area contributed by atoms with E-state index in [1.165, 1.54) is 0 Å². The van der Waals surface area contributed by atoms with E-state index < -0.39 is 0 Å². The summed E-state index contributed by atoms with van der Waals surface area (Å²) in [6, 6.07) is 10.7. The van der Waals surface area contributed by atoms with Crippen molar-refractivity contribution in [1.29, 1.82) is 0 Å². The number of rotatable bonds is 7. The molecule has 1 saturated heterocycles. The molecular formula is C20H24ClN3O3. The molecule has 144 valence electrons. The average Bonchev–Trinajstić information content (AvgIpc) is 2.69. The number of carbonyl (C=O) groups is 1. The van der Waals surface area contributed by atoms with Gasteiger partial charge in [0.15, 0.2) is 0 Å². The highest BCUT2D eigenvalue weighted by molar-refractivity contribution is 6.30. The standard InChI is InChI=1S/C20H24ClN3O3/c1-26-11-12-27-18-7-9-24(10-8-18)19-6-5-15(14-22-19)20(25)23-17-4-2-3-16(21)13-17/h2-6,13-14,18H,7-12H2,1H3,(H,23,25). The highest BCUT2D eigenvalue weighted by atomic mass is 35.5. The van der Waals surface area contributed by atoms with Gasteiger partial charge in [0.05, 0.1) is 24.9 Å². The minimum Gasteiger partial charge on any atom is -0.382 e. The molecule has 6 nitrogen and oxygen atoms in total. The van der Waals surface area contributed by atoms with Crippen molar-refractivity contribution in [3.63, 3.8) is 0 Å². The van der Waals surface area contributed by atoms with E-state index >= 15 is 0 Å². The molecule has 1 aromatic heterocycles. The van der Waals surface area contributed by atoms with Gasteiger partial charge in [-0.15, -0.1) is 0 Å². The molecule has 27 heavy (non-hydrogen) atoms. The molecule has 1 aliphatic rings. The molecule has 3 rings (SSSR count). The summed E-state index contributed by atoms with van der Waals surface area (Å²) in [5.41, 5.74) is 1.17. The molecule has 0 bridgehead atoms. The van der Waals surface area contributed by atoms with Crippen molar-refractivity contribution in [2.75, 3.05) is 43.6 Å². The van der Waals surface area contributed by atoms with Crippen LogP contribution in [0.5, 0.6) is 0 Å². The topological polar surface area (TPSA) is 63.7 Å². The van der Waals surface area contributed by atoms with Crippen LogP contribution in [0.25, 0.3) is 0 Å². The molecule has 1 amide bonds. The number of benzene rings is 1. The first-order chi connectivity index (χ1) is 13.2. The summed E-state index contributed by atoms with van der Waals surface area (Å²) in [5.74, 6) is 0.672. The number of amides is 1. The van der Waals surface area contributed by atoms with Crippen LogP contribution in [0.2, 0.25) is 5.02 Å². The first-order valence-electron chi connectivity index (χ1n) is 9.04. The number of halogens is 1. The van der Waals surface area contributed by atoms with Gasteiger partial charge in [-0.1, -0.05) is 17.7 Å². The molecular weight excluding hydrogens is 366 g/mol. The Morgan fingerprint density at radius 1 is 1.26 bits per heavy atom. The summed E-state index contributed by atoms with van der Waals surface area (Å²) in [6.45, 7) is 3.04. The van der Waals surface area contributed by atoms with E-state index in [0.717, 1.165) is 31.7 Å². The fourth-order valence-corrected chi connectivity index (χ4v) is 3.22. The second-order valence-corrected chi connectivity index (χ2v) is 6.86. The first kappa shape index (κ1) is 19.6. The number of ether oxygens (including phenoxy) is 2. The maximum atomic E-state index is 12.3. The zero-order chi connectivity index (χ0) is 19.1. The van der Waals surface area contributed by atoms with Crippen LogP contribution in [-0.2, 0) is 9.47 Å². The predicted molar refractivity (Wildman–Crippen MR) is 107 cm³/mol. The van der Waals surface area contributed by atoms with Gasteiger partial charge in [-0.3, -0.25) is 4.79 Å². The zero-order valence-electron chi connectivity index (χ0n) is 15.4. The fourth-order valence-electron chi connectivity index (χ4n) is 3.03. The number of anilines is 2. The van der Waals surface area contributed by atoms with Crippen LogP contribution in [0.3, 0.4) is 0 Å². The van der Waals surface area contributed by atoms with Gasteiger partial charge in [-0.25, -0.2) is 4.98 Å². The van der Waals surface area contributed by atoms with E-state index in [4.69, 9.17) is 21.1 Å². The van der Waals surface area contributed by atoms with Gasteiger partial charge in [0.25, 0.3) is 5.91 Å². The number of nitrogens with zero attached hydrogens (tertiary/aromatic N) is 2. The summed E-state index contributed by atoms with van der Waals surface area (Å²) in [7, 11) is 1.68. The Hall–Kier alpha value is -2.15. The molecule has 1 aliphatic heterocycles. The minimum atomic E-state index is -0.207. The number of methoxy groups -OCH3 is 1. The molecule has 0 unspecified atom stereocenters. The van der Waals surface area contributed by atoms with Crippen molar-refractivity contribution in [2.45, 2.75) is 18.9 Å². The van der Waals surface area contributed by atoms with Crippen molar-refractivity contribution in [2.24, 2.45) is 0 Å². The number of piperidine rings is 1. The van der Waals surface area contributed by atoms with Crippen LogP contribution in [0.15, 0.2) is 42.6 Å². The Kier molecular flexibility index (Phi) is 7.04. The number of carbonyl (C=O) groups excluding carboxylic acids is 1. The summed E-state index contributed by atoms with van der Waals surface area (Å²) < 4.78 is 10.8. The average molecular weight is 390 g/mol. The Morgan fingerprint density at radius 2 is 2.07 bits per heavy atom. The number of pyridine rings is 1. The summed E-state index contributed by atoms with van der Waals surface area (Å²) in [5, 5.41) is 3.40. The zero-order valence-corrected chi connectivity index (χ0v) is 16.1. The van der Waals surface area contributed by atoms with Gasteiger partial charge in [0, 0.05) is 37.1 Å². The SMILES string of the molecule is COCCOC1CCN(c2ccc(C(=O)Nc3cccc(Cl)c3)cn2)CC1. The monoisotopic (exact) mass is 389 g/mol. The summed E-state index contributed by atoms with van der Waals surface area (Å²) in [6.07, 6.45) is 3.81. The van der Waals surface area contributed by atoms with Gasteiger partial charge in [-0.2, -0.15) is 0 Å². The lowest BCUT2D eigenvalue weighted by molar-refractivity contribution is 0.00604. The Morgan fingerprint density at radius 3 is 2.74 bits per heavy atom. The maximum absolute atomic E-state index is 12.3. The van der Waals surface area contributed by atoms with Crippen molar-refractivity contribution in [3.05, 3.63) is 53.2 Å². The molecule has 2 aromatic rings.